The van der Waals surface area contributed by atoms with Gasteiger partial charge in [-0.25, -0.2) is 14.6 Å². The fraction of sp³-hybridized carbons (Fsp3) is 0.133. The van der Waals surface area contributed by atoms with Crippen molar-refractivity contribution >= 4 is 11.9 Å². The Morgan fingerprint density at radius 3 is 2.48 bits per heavy atom. The highest BCUT2D eigenvalue weighted by molar-refractivity contribution is 5.91. The molecule has 0 aliphatic carbocycles. The lowest BCUT2D eigenvalue weighted by molar-refractivity contribution is -0.140. The standard InChI is InChI=1S/C15H10F3NO6/c16-15(17,18)8-2-1-3-9(4-8)25-10-5-11(20)13(19-6-10)14(23)24-7-12(21)22/h1-6,20H,7H2,(H,21,22). The molecule has 0 atom stereocenters. The number of esters is 1. The number of hydrogen-bond donors (Lipinski definition) is 2. The summed E-state index contributed by atoms with van der Waals surface area (Å²) in [6.45, 7) is -0.914. The van der Waals surface area contributed by atoms with E-state index < -0.39 is 41.7 Å². The van der Waals surface area contributed by atoms with Crippen LogP contribution in [0.15, 0.2) is 36.5 Å². The first-order valence-electron chi connectivity index (χ1n) is 6.60. The van der Waals surface area contributed by atoms with E-state index in [-0.39, 0.29) is 11.5 Å². The number of rotatable bonds is 5. The first-order chi connectivity index (χ1) is 11.7. The normalized spacial score (nSPS) is 11.0. The number of carboxylic acids is 1. The number of ether oxygens (including phenoxy) is 2. The number of carbonyl (C=O) groups is 2. The molecular formula is C15H10F3NO6. The van der Waals surface area contributed by atoms with Gasteiger partial charge >= 0.3 is 18.1 Å². The number of aliphatic carboxylic acids is 1. The second-order valence-corrected chi connectivity index (χ2v) is 4.64. The van der Waals surface area contributed by atoms with Crippen LogP contribution in [-0.2, 0) is 15.7 Å². The summed E-state index contributed by atoms with van der Waals surface area (Å²) >= 11 is 0. The van der Waals surface area contributed by atoms with Gasteiger partial charge in [0, 0.05) is 6.07 Å². The molecule has 132 valence electrons. The maximum Gasteiger partial charge on any atom is 0.416 e. The van der Waals surface area contributed by atoms with Gasteiger partial charge in [-0.1, -0.05) is 6.07 Å². The lowest BCUT2D eigenvalue weighted by atomic mass is 10.2. The number of aromatic nitrogens is 1. The van der Waals surface area contributed by atoms with Crippen LogP contribution in [0.3, 0.4) is 0 Å². The van der Waals surface area contributed by atoms with Gasteiger partial charge < -0.3 is 19.7 Å². The number of aromatic hydroxyl groups is 1. The van der Waals surface area contributed by atoms with Crippen LogP contribution in [-0.4, -0.2) is 33.7 Å². The number of carboxylic acid groups (broad SMARTS) is 1. The molecule has 0 radical (unpaired) electrons. The molecule has 7 nitrogen and oxygen atoms in total. The monoisotopic (exact) mass is 357 g/mol. The number of nitrogens with zero attached hydrogens (tertiary/aromatic N) is 1. The molecule has 10 heteroatoms. The lowest BCUT2D eigenvalue weighted by Crippen LogP contribution is -2.14. The molecule has 2 N–H and O–H groups in total. The van der Waals surface area contributed by atoms with E-state index in [1.165, 1.54) is 6.07 Å². The Hall–Kier alpha value is -3.30. The quantitative estimate of drug-likeness (QED) is 0.793. The SMILES string of the molecule is O=C(O)COC(=O)c1ncc(Oc2cccc(C(F)(F)F)c2)cc1O. The minimum absolute atomic E-state index is 0.133. The average Bonchev–Trinajstić information content (AvgIpc) is 2.52. The van der Waals surface area contributed by atoms with Crippen LogP contribution in [0.5, 0.6) is 17.2 Å². The topological polar surface area (TPSA) is 106 Å². The maximum atomic E-state index is 12.6. The Balaban J connectivity index is 2.16. The second kappa shape index (κ2) is 7.07. The molecule has 0 unspecified atom stereocenters. The summed E-state index contributed by atoms with van der Waals surface area (Å²) in [6, 6.07) is 4.96. The van der Waals surface area contributed by atoms with Gasteiger partial charge in [-0.05, 0) is 18.2 Å². The highest BCUT2D eigenvalue weighted by Crippen LogP contribution is 2.33. The van der Waals surface area contributed by atoms with Crippen molar-refractivity contribution in [1.82, 2.24) is 4.98 Å². The van der Waals surface area contributed by atoms with Crippen molar-refractivity contribution in [3.05, 3.63) is 47.8 Å². The van der Waals surface area contributed by atoms with Crippen molar-refractivity contribution in [2.45, 2.75) is 6.18 Å². The van der Waals surface area contributed by atoms with E-state index in [2.05, 4.69) is 9.72 Å². The number of alkyl halides is 3. The molecule has 25 heavy (non-hydrogen) atoms. The Morgan fingerprint density at radius 1 is 1.16 bits per heavy atom. The van der Waals surface area contributed by atoms with Crippen molar-refractivity contribution in [2.75, 3.05) is 6.61 Å². The van der Waals surface area contributed by atoms with Crippen LogP contribution in [0.1, 0.15) is 16.1 Å². The molecule has 0 aliphatic rings. The van der Waals surface area contributed by atoms with Crippen molar-refractivity contribution in [3.63, 3.8) is 0 Å². The molecule has 0 fully saturated rings. The first kappa shape index (κ1) is 18.0. The van der Waals surface area contributed by atoms with Crippen molar-refractivity contribution in [1.29, 1.82) is 0 Å². The van der Waals surface area contributed by atoms with Gasteiger partial charge in [-0.15, -0.1) is 0 Å². The molecule has 1 heterocycles. The third-order valence-electron chi connectivity index (χ3n) is 2.76. The number of hydrogen-bond acceptors (Lipinski definition) is 6. The molecule has 0 spiro atoms. The maximum absolute atomic E-state index is 12.6. The van der Waals surface area contributed by atoms with Crippen molar-refractivity contribution in [2.24, 2.45) is 0 Å². The minimum Gasteiger partial charge on any atom is -0.505 e. The molecule has 2 aromatic rings. The molecule has 0 saturated carbocycles. The van der Waals surface area contributed by atoms with E-state index in [1.807, 2.05) is 0 Å². The molecule has 0 aliphatic heterocycles. The fourth-order valence-corrected chi connectivity index (χ4v) is 1.72. The lowest BCUT2D eigenvalue weighted by Gasteiger charge is -2.10. The van der Waals surface area contributed by atoms with Gasteiger partial charge in [-0.3, -0.25) is 0 Å². The third kappa shape index (κ3) is 4.83. The van der Waals surface area contributed by atoms with E-state index in [0.717, 1.165) is 30.5 Å². The molecule has 1 aromatic heterocycles. The van der Waals surface area contributed by atoms with E-state index in [0.29, 0.717) is 0 Å². The minimum atomic E-state index is -4.54. The van der Waals surface area contributed by atoms with Gasteiger partial charge in [-0.2, -0.15) is 13.2 Å². The molecule has 0 amide bonds. The first-order valence-corrected chi connectivity index (χ1v) is 6.60. The largest absolute Gasteiger partial charge is 0.505 e. The van der Waals surface area contributed by atoms with Crippen LogP contribution in [0, 0.1) is 0 Å². The van der Waals surface area contributed by atoms with Crippen molar-refractivity contribution < 1.29 is 42.4 Å². The third-order valence-corrected chi connectivity index (χ3v) is 2.76. The highest BCUT2D eigenvalue weighted by atomic mass is 19.4. The smallest absolute Gasteiger partial charge is 0.416 e. The average molecular weight is 357 g/mol. The summed E-state index contributed by atoms with van der Waals surface area (Å²) in [5.41, 5.74) is -1.48. The zero-order valence-corrected chi connectivity index (χ0v) is 12.3. The second-order valence-electron chi connectivity index (χ2n) is 4.64. The van der Waals surface area contributed by atoms with Gasteiger partial charge in [0.25, 0.3) is 0 Å². The van der Waals surface area contributed by atoms with E-state index in [9.17, 15) is 27.9 Å². The summed E-state index contributed by atoms with van der Waals surface area (Å²) < 4.78 is 47.4. The zero-order chi connectivity index (χ0) is 18.6. The van der Waals surface area contributed by atoms with Crippen LogP contribution < -0.4 is 4.74 Å². The number of benzene rings is 1. The fourth-order valence-electron chi connectivity index (χ4n) is 1.72. The van der Waals surface area contributed by atoms with Crippen LogP contribution in [0.25, 0.3) is 0 Å². The number of carbonyl (C=O) groups excluding carboxylic acids is 1. The molecule has 0 saturated heterocycles. The Morgan fingerprint density at radius 2 is 1.88 bits per heavy atom. The molecule has 1 aromatic carbocycles. The summed E-state index contributed by atoms with van der Waals surface area (Å²) in [5, 5.41) is 18.1. The van der Waals surface area contributed by atoms with Gasteiger partial charge in [0.1, 0.15) is 11.5 Å². The van der Waals surface area contributed by atoms with Crippen molar-refractivity contribution in [3.8, 4) is 17.2 Å². The number of pyridine rings is 1. The Kier molecular flexibility index (Phi) is 5.11. The zero-order valence-electron chi connectivity index (χ0n) is 12.3. The predicted molar refractivity (Wildman–Crippen MR) is 75.3 cm³/mol. The van der Waals surface area contributed by atoms with Crippen LogP contribution >= 0.6 is 0 Å². The van der Waals surface area contributed by atoms with E-state index in [1.54, 1.807) is 0 Å². The van der Waals surface area contributed by atoms with E-state index in [4.69, 9.17) is 9.84 Å². The summed E-state index contributed by atoms with van der Waals surface area (Å²) in [6.07, 6.45) is -3.57. The molecular weight excluding hydrogens is 347 g/mol. The summed E-state index contributed by atoms with van der Waals surface area (Å²) in [5.74, 6) is -3.54. The van der Waals surface area contributed by atoms with Crippen LogP contribution in [0.4, 0.5) is 13.2 Å². The Bertz CT molecular complexity index is 806. The summed E-state index contributed by atoms with van der Waals surface area (Å²) in [7, 11) is 0. The van der Waals surface area contributed by atoms with Crippen LogP contribution in [0.2, 0.25) is 0 Å². The van der Waals surface area contributed by atoms with Gasteiger partial charge in [0.15, 0.2) is 18.1 Å². The summed E-state index contributed by atoms with van der Waals surface area (Å²) in [4.78, 5) is 25.4. The molecule has 0 bridgehead atoms. The van der Waals surface area contributed by atoms with E-state index >= 15 is 0 Å². The number of halogens is 3. The Labute approximate surface area is 138 Å². The highest BCUT2D eigenvalue weighted by Gasteiger charge is 2.30. The van der Waals surface area contributed by atoms with Gasteiger partial charge in [0.2, 0.25) is 0 Å². The molecule has 2 rings (SSSR count). The van der Waals surface area contributed by atoms with Gasteiger partial charge in [0.05, 0.1) is 11.8 Å². The predicted octanol–water partition coefficient (Wildman–Crippen LogP) is 2.84.